The number of thioether (sulfide) groups is 1. The molecule has 0 aromatic heterocycles. The number of hydrogen-bond acceptors (Lipinski definition) is 7. The smallest absolute Gasteiger partial charge is 0.326 e. The summed E-state index contributed by atoms with van der Waals surface area (Å²) in [6.07, 6.45) is 2.97. The van der Waals surface area contributed by atoms with E-state index in [9.17, 15) is 29.1 Å². The van der Waals surface area contributed by atoms with Crippen LogP contribution in [-0.2, 0) is 24.0 Å². The van der Waals surface area contributed by atoms with Crippen molar-refractivity contribution >= 4 is 41.4 Å². The maximum absolute atomic E-state index is 12.8. The molecule has 0 spiro atoms. The number of carbonyl (C=O) groups excluding carboxylic acids is 4. The molecule has 29 heavy (non-hydrogen) atoms. The molecule has 0 aliphatic carbocycles. The topological polar surface area (TPSA) is 185 Å². The summed E-state index contributed by atoms with van der Waals surface area (Å²) in [6.45, 7) is -0.145. The first-order valence-corrected chi connectivity index (χ1v) is 10.7. The van der Waals surface area contributed by atoms with Gasteiger partial charge in [0.05, 0.1) is 12.6 Å². The van der Waals surface area contributed by atoms with Crippen LogP contribution in [0.2, 0.25) is 0 Å². The van der Waals surface area contributed by atoms with Gasteiger partial charge in [0.15, 0.2) is 0 Å². The third-order valence-corrected chi connectivity index (χ3v) is 5.17. The van der Waals surface area contributed by atoms with E-state index in [-0.39, 0.29) is 19.4 Å². The zero-order valence-electron chi connectivity index (χ0n) is 16.4. The molecule has 0 bridgehead atoms. The minimum atomic E-state index is -1.12. The number of nitrogens with two attached hydrogens (primary N) is 2. The van der Waals surface area contributed by atoms with Gasteiger partial charge in [0.1, 0.15) is 12.1 Å². The number of aliphatic carboxylic acids is 1. The van der Waals surface area contributed by atoms with Crippen molar-refractivity contribution in [3.63, 3.8) is 0 Å². The Labute approximate surface area is 173 Å². The van der Waals surface area contributed by atoms with Crippen LogP contribution in [0, 0.1) is 0 Å². The normalized spacial score (nSPS) is 18.0. The number of hydrogen-bond donors (Lipinski definition) is 5. The van der Waals surface area contributed by atoms with E-state index in [4.69, 9.17) is 11.5 Å². The van der Waals surface area contributed by atoms with E-state index in [0.29, 0.717) is 25.0 Å². The number of amides is 4. The van der Waals surface area contributed by atoms with E-state index >= 15 is 0 Å². The number of nitrogens with zero attached hydrogens (tertiary/aromatic N) is 1. The van der Waals surface area contributed by atoms with Crippen molar-refractivity contribution in [2.45, 2.75) is 50.2 Å². The molecule has 0 saturated carbocycles. The number of primary amides is 1. The average molecular weight is 432 g/mol. The van der Waals surface area contributed by atoms with Crippen molar-refractivity contribution in [3.05, 3.63) is 0 Å². The predicted molar refractivity (Wildman–Crippen MR) is 107 cm³/mol. The van der Waals surface area contributed by atoms with Crippen LogP contribution < -0.4 is 22.1 Å². The lowest BCUT2D eigenvalue weighted by Crippen LogP contribution is -2.54. The third kappa shape index (κ3) is 8.28. The minimum Gasteiger partial charge on any atom is -0.480 e. The summed E-state index contributed by atoms with van der Waals surface area (Å²) in [4.78, 5) is 60.5. The van der Waals surface area contributed by atoms with Gasteiger partial charge in [-0.05, 0) is 37.7 Å². The van der Waals surface area contributed by atoms with Gasteiger partial charge < -0.3 is 32.1 Å². The summed E-state index contributed by atoms with van der Waals surface area (Å²) in [6, 6.07) is -2.83. The van der Waals surface area contributed by atoms with Gasteiger partial charge in [-0.3, -0.25) is 19.2 Å². The van der Waals surface area contributed by atoms with E-state index in [0.717, 1.165) is 0 Å². The molecule has 1 aliphatic rings. The van der Waals surface area contributed by atoms with Gasteiger partial charge in [-0.25, -0.2) is 4.79 Å². The van der Waals surface area contributed by atoms with E-state index in [1.165, 1.54) is 4.90 Å². The molecule has 3 atom stereocenters. The Hall–Kier alpha value is -2.34. The molecular formula is C17H29N5O6S. The maximum Gasteiger partial charge on any atom is 0.326 e. The second kappa shape index (κ2) is 12.3. The highest BCUT2D eigenvalue weighted by Gasteiger charge is 2.37. The quantitative estimate of drug-likeness (QED) is 0.235. The second-order valence-corrected chi connectivity index (χ2v) is 7.74. The second-order valence-electron chi connectivity index (χ2n) is 6.76. The fourth-order valence-corrected chi connectivity index (χ4v) is 3.44. The number of carboxylic acid groups (broad SMARTS) is 1. The summed E-state index contributed by atoms with van der Waals surface area (Å²) >= 11 is 1.54. The molecule has 0 aromatic carbocycles. The van der Waals surface area contributed by atoms with Crippen molar-refractivity contribution in [3.8, 4) is 0 Å². The lowest BCUT2D eigenvalue weighted by molar-refractivity contribution is -0.149. The molecule has 12 heteroatoms. The van der Waals surface area contributed by atoms with Crippen molar-refractivity contribution in [1.82, 2.24) is 15.5 Å². The molecule has 0 aromatic rings. The summed E-state index contributed by atoms with van der Waals surface area (Å²) in [5, 5.41) is 14.1. The number of rotatable bonds is 12. The minimum absolute atomic E-state index is 0.0655. The molecule has 7 N–H and O–H groups in total. The van der Waals surface area contributed by atoms with Crippen LogP contribution in [-0.4, -0.2) is 82.8 Å². The Kier molecular flexibility index (Phi) is 10.5. The summed E-state index contributed by atoms with van der Waals surface area (Å²) in [5.41, 5.74) is 10.9. The molecular weight excluding hydrogens is 402 g/mol. The van der Waals surface area contributed by atoms with E-state index in [1.54, 1.807) is 11.8 Å². The van der Waals surface area contributed by atoms with Gasteiger partial charge in [-0.15, -0.1) is 0 Å². The number of nitrogens with one attached hydrogen (secondary N) is 2. The molecule has 1 saturated heterocycles. The van der Waals surface area contributed by atoms with Crippen molar-refractivity contribution in [2.75, 3.05) is 25.1 Å². The van der Waals surface area contributed by atoms with E-state index in [1.807, 2.05) is 6.26 Å². The third-order valence-electron chi connectivity index (χ3n) is 4.53. The van der Waals surface area contributed by atoms with Crippen LogP contribution in [0.5, 0.6) is 0 Å². The molecule has 1 aliphatic heterocycles. The lowest BCUT2D eigenvalue weighted by Gasteiger charge is -2.27. The van der Waals surface area contributed by atoms with Crippen molar-refractivity contribution < 1.29 is 29.1 Å². The summed E-state index contributed by atoms with van der Waals surface area (Å²) < 4.78 is 0. The summed E-state index contributed by atoms with van der Waals surface area (Å²) in [5.74, 6) is -2.80. The Balaban J connectivity index is 2.68. The standard InChI is InChI=1S/C17H29N5O6S/c1-29-8-6-10(18)15(25)20-9-14(24)21-11(4-5-13(19)23)16(26)22-7-2-3-12(22)17(27)28/h10-12H,2-9,18H2,1H3,(H2,19,23)(H,20,25)(H,21,24)(H,27,28). The zero-order chi connectivity index (χ0) is 22.0. The lowest BCUT2D eigenvalue weighted by atomic mass is 10.1. The predicted octanol–water partition coefficient (Wildman–Crippen LogP) is -1.99. The van der Waals surface area contributed by atoms with Crippen LogP contribution in [0.3, 0.4) is 0 Å². The fraction of sp³-hybridized carbons (Fsp3) is 0.706. The van der Waals surface area contributed by atoms with Crippen LogP contribution in [0.25, 0.3) is 0 Å². The number of carboxylic acids is 1. The van der Waals surface area contributed by atoms with Gasteiger partial charge in [0.2, 0.25) is 23.6 Å². The zero-order valence-corrected chi connectivity index (χ0v) is 17.2. The van der Waals surface area contributed by atoms with E-state index < -0.39 is 54.3 Å². The van der Waals surface area contributed by atoms with E-state index in [2.05, 4.69) is 10.6 Å². The molecule has 4 amide bonds. The van der Waals surface area contributed by atoms with Crippen LogP contribution in [0.4, 0.5) is 0 Å². The van der Waals surface area contributed by atoms with Crippen molar-refractivity contribution in [1.29, 1.82) is 0 Å². The van der Waals surface area contributed by atoms with Gasteiger partial charge in [0, 0.05) is 13.0 Å². The van der Waals surface area contributed by atoms with Crippen molar-refractivity contribution in [2.24, 2.45) is 11.5 Å². The highest BCUT2D eigenvalue weighted by Crippen LogP contribution is 2.19. The molecule has 164 valence electrons. The first kappa shape index (κ1) is 24.7. The largest absolute Gasteiger partial charge is 0.480 e. The van der Waals surface area contributed by atoms with Gasteiger partial charge in [-0.1, -0.05) is 0 Å². The molecule has 11 nitrogen and oxygen atoms in total. The van der Waals surface area contributed by atoms with Gasteiger partial charge in [-0.2, -0.15) is 11.8 Å². The van der Waals surface area contributed by atoms with Gasteiger partial charge in [0.25, 0.3) is 0 Å². The highest BCUT2D eigenvalue weighted by molar-refractivity contribution is 7.98. The molecule has 0 radical (unpaired) electrons. The number of carbonyl (C=O) groups is 5. The Morgan fingerprint density at radius 1 is 1.24 bits per heavy atom. The maximum atomic E-state index is 12.8. The van der Waals surface area contributed by atoms with Crippen LogP contribution in [0.1, 0.15) is 32.1 Å². The average Bonchev–Trinajstić information content (AvgIpc) is 3.16. The monoisotopic (exact) mass is 431 g/mol. The first-order valence-electron chi connectivity index (χ1n) is 9.30. The molecule has 1 rings (SSSR count). The first-order chi connectivity index (χ1) is 13.7. The van der Waals surface area contributed by atoms with Crippen LogP contribution >= 0.6 is 11.8 Å². The highest BCUT2D eigenvalue weighted by atomic mass is 32.2. The fourth-order valence-electron chi connectivity index (χ4n) is 2.95. The number of likely N-dealkylation sites (tertiary alicyclic amines) is 1. The Bertz CT molecular complexity index is 631. The molecule has 1 fully saturated rings. The molecule has 1 heterocycles. The van der Waals surface area contributed by atoms with Gasteiger partial charge >= 0.3 is 5.97 Å². The summed E-state index contributed by atoms with van der Waals surface area (Å²) in [7, 11) is 0. The SMILES string of the molecule is CSCCC(N)C(=O)NCC(=O)NC(CCC(N)=O)C(=O)N1CCCC1C(=O)O. The Morgan fingerprint density at radius 3 is 2.52 bits per heavy atom. The Morgan fingerprint density at radius 2 is 1.93 bits per heavy atom. The molecule has 3 unspecified atom stereocenters. The van der Waals surface area contributed by atoms with Crippen LogP contribution in [0.15, 0.2) is 0 Å².